The summed E-state index contributed by atoms with van der Waals surface area (Å²) in [5.41, 5.74) is 0. The SMILES string of the molecule is CN1CCC([O-])=N1. The molecular formula is C4H7N2O-. The van der Waals surface area contributed by atoms with Crippen molar-refractivity contribution in [1.82, 2.24) is 5.01 Å². The van der Waals surface area contributed by atoms with Crippen molar-refractivity contribution < 1.29 is 5.11 Å². The zero-order valence-corrected chi connectivity index (χ0v) is 4.22. The highest BCUT2D eigenvalue weighted by molar-refractivity contribution is 5.72. The van der Waals surface area contributed by atoms with Crippen molar-refractivity contribution in [2.75, 3.05) is 13.6 Å². The van der Waals surface area contributed by atoms with E-state index in [0.29, 0.717) is 6.42 Å². The van der Waals surface area contributed by atoms with Crippen LogP contribution in [0.3, 0.4) is 0 Å². The minimum Gasteiger partial charge on any atom is -0.860 e. The number of hydrazone groups is 1. The van der Waals surface area contributed by atoms with Gasteiger partial charge in [0, 0.05) is 13.6 Å². The van der Waals surface area contributed by atoms with Gasteiger partial charge in [0.2, 0.25) is 0 Å². The van der Waals surface area contributed by atoms with E-state index >= 15 is 0 Å². The second kappa shape index (κ2) is 1.40. The molecule has 7 heavy (non-hydrogen) atoms. The molecule has 0 bridgehead atoms. The molecule has 0 fully saturated rings. The first-order valence-electron chi connectivity index (χ1n) is 2.24. The van der Waals surface area contributed by atoms with E-state index in [0.717, 1.165) is 6.54 Å². The van der Waals surface area contributed by atoms with Crippen LogP contribution in [0.5, 0.6) is 0 Å². The monoisotopic (exact) mass is 99.1 g/mol. The zero-order valence-electron chi connectivity index (χ0n) is 4.22. The number of nitrogens with zero attached hydrogens (tertiary/aromatic N) is 2. The Hall–Kier alpha value is -0.730. The Labute approximate surface area is 42.2 Å². The summed E-state index contributed by atoms with van der Waals surface area (Å²) in [6.45, 7) is 0.791. The molecule has 0 unspecified atom stereocenters. The van der Waals surface area contributed by atoms with Gasteiger partial charge in [0.25, 0.3) is 0 Å². The van der Waals surface area contributed by atoms with Crippen LogP contribution < -0.4 is 5.11 Å². The summed E-state index contributed by atoms with van der Waals surface area (Å²) >= 11 is 0. The van der Waals surface area contributed by atoms with E-state index in [-0.39, 0.29) is 5.90 Å². The maximum Gasteiger partial charge on any atom is 0.0400 e. The lowest BCUT2D eigenvalue weighted by atomic mass is 10.4. The lowest BCUT2D eigenvalue weighted by Crippen LogP contribution is -2.13. The minimum absolute atomic E-state index is 0.00231. The second-order valence-electron chi connectivity index (χ2n) is 1.62. The fraction of sp³-hybridized carbons (Fsp3) is 0.750. The van der Waals surface area contributed by atoms with E-state index in [4.69, 9.17) is 0 Å². The summed E-state index contributed by atoms with van der Waals surface area (Å²) in [7, 11) is 1.80. The van der Waals surface area contributed by atoms with Crippen molar-refractivity contribution in [2.24, 2.45) is 5.10 Å². The molecule has 40 valence electrons. The molecule has 0 spiro atoms. The molecule has 1 aliphatic heterocycles. The van der Waals surface area contributed by atoms with Gasteiger partial charge in [-0.3, -0.25) is 0 Å². The van der Waals surface area contributed by atoms with Gasteiger partial charge in [-0.05, 0) is 12.3 Å². The van der Waals surface area contributed by atoms with Crippen molar-refractivity contribution in [3.05, 3.63) is 0 Å². The third-order valence-electron chi connectivity index (χ3n) is 0.932. The predicted octanol–water partition coefficient (Wildman–Crippen LogP) is -1.00. The first kappa shape index (κ1) is 4.43. The van der Waals surface area contributed by atoms with Gasteiger partial charge in [-0.1, -0.05) is 0 Å². The average molecular weight is 99.1 g/mol. The van der Waals surface area contributed by atoms with E-state index in [9.17, 15) is 5.11 Å². The van der Waals surface area contributed by atoms with Crippen molar-refractivity contribution in [3.63, 3.8) is 0 Å². The van der Waals surface area contributed by atoms with E-state index in [2.05, 4.69) is 5.10 Å². The Bertz CT molecular complexity index is 99.9. The normalized spacial score (nSPS) is 20.1. The molecule has 0 radical (unpaired) electrons. The predicted molar refractivity (Wildman–Crippen MR) is 24.7 cm³/mol. The van der Waals surface area contributed by atoms with Crippen LogP contribution in [0.1, 0.15) is 6.42 Å². The van der Waals surface area contributed by atoms with E-state index in [1.54, 1.807) is 12.1 Å². The topological polar surface area (TPSA) is 38.7 Å². The van der Waals surface area contributed by atoms with Crippen LogP contribution in [0, 0.1) is 0 Å². The summed E-state index contributed by atoms with van der Waals surface area (Å²) in [4.78, 5) is 0. The Morgan fingerprint density at radius 3 is 2.71 bits per heavy atom. The number of hydrogen-bond donors (Lipinski definition) is 0. The molecule has 0 aromatic carbocycles. The Morgan fingerprint density at radius 1 is 1.86 bits per heavy atom. The summed E-state index contributed by atoms with van der Waals surface area (Å²) in [6, 6.07) is 0. The van der Waals surface area contributed by atoms with Gasteiger partial charge in [0.05, 0.1) is 0 Å². The van der Waals surface area contributed by atoms with Gasteiger partial charge in [0.1, 0.15) is 0 Å². The molecule has 0 atom stereocenters. The molecule has 0 aliphatic carbocycles. The van der Waals surface area contributed by atoms with Crippen molar-refractivity contribution >= 4 is 5.90 Å². The van der Waals surface area contributed by atoms with Crippen LogP contribution in [-0.4, -0.2) is 24.5 Å². The Balaban J connectivity index is 2.50. The van der Waals surface area contributed by atoms with Crippen LogP contribution >= 0.6 is 0 Å². The molecule has 0 aromatic rings. The molecule has 1 heterocycles. The van der Waals surface area contributed by atoms with Crippen LogP contribution in [-0.2, 0) is 0 Å². The lowest BCUT2D eigenvalue weighted by molar-refractivity contribution is -0.217. The standard InChI is InChI=1S/C4H8N2O/c1-6-3-2-4(7)5-6/h2-3H2,1H3,(H,5,7)/p-1. The fourth-order valence-electron chi connectivity index (χ4n) is 0.548. The van der Waals surface area contributed by atoms with Gasteiger partial charge in [-0.25, -0.2) is 0 Å². The maximum atomic E-state index is 10.2. The summed E-state index contributed by atoms with van der Waals surface area (Å²) < 4.78 is 0. The van der Waals surface area contributed by atoms with E-state index < -0.39 is 0 Å². The third-order valence-corrected chi connectivity index (χ3v) is 0.932. The maximum absolute atomic E-state index is 10.2. The van der Waals surface area contributed by atoms with Gasteiger partial charge in [-0.15, -0.1) is 0 Å². The Morgan fingerprint density at radius 2 is 2.57 bits per heavy atom. The quantitative estimate of drug-likeness (QED) is 0.390. The van der Waals surface area contributed by atoms with Crippen molar-refractivity contribution in [2.45, 2.75) is 6.42 Å². The van der Waals surface area contributed by atoms with E-state index in [1.807, 2.05) is 0 Å². The Kier molecular flexibility index (Phi) is 0.889. The molecule has 0 saturated carbocycles. The summed E-state index contributed by atoms with van der Waals surface area (Å²) in [6.07, 6.45) is 0.594. The molecule has 3 nitrogen and oxygen atoms in total. The molecule has 0 saturated heterocycles. The molecule has 0 aromatic heterocycles. The van der Waals surface area contributed by atoms with Crippen LogP contribution in [0.2, 0.25) is 0 Å². The van der Waals surface area contributed by atoms with Crippen LogP contribution in [0.25, 0.3) is 0 Å². The number of hydrogen-bond acceptors (Lipinski definition) is 3. The lowest BCUT2D eigenvalue weighted by Gasteiger charge is -2.01. The molecule has 3 heteroatoms. The minimum atomic E-state index is 0.00231. The van der Waals surface area contributed by atoms with Crippen LogP contribution in [0.4, 0.5) is 0 Å². The van der Waals surface area contributed by atoms with Gasteiger partial charge < -0.3 is 10.1 Å². The highest BCUT2D eigenvalue weighted by Crippen LogP contribution is 1.96. The highest BCUT2D eigenvalue weighted by Gasteiger charge is 1.99. The number of rotatable bonds is 0. The third kappa shape index (κ3) is 0.824. The van der Waals surface area contributed by atoms with Crippen molar-refractivity contribution in [1.29, 1.82) is 0 Å². The molecule has 0 N–H and O–H groups in total. The largest absolute Gasteiger partial charge is 0.860 e. The average Bonchev–Trinajstić information content (AvgIpc) is 1.87. The first-order chi connectivity index (χ1) is 3.29. The van der Waals surface area contributed by atoms with E-state index in [1.165, 1.54) is 0 Å². The zero-order chi connectivity index (χ0) is 5.28. The molecule has 1 rings (SSSR count). The van der Waals surface area contributed by atoms with Gasteiger partial charge >= 0.3 is 0 Å². The summed E-state index contributed by atoms with van der Waals surface area (Å²) in [5, 5.41) is 15.5. The van der Waals surface area contributed by atoms with Gasteiger partial charge in [-0.2, -0.15) is 5.10 Å². The van der Waals surface area contributed by atoms with Crippen molar-refractivity contribution in [3.8, 4) is 0 Å². The van der Waals surface area contributed by atoms with Gasteiger partial charge in [0.15, 0.2) is 0 Å². The second-order valence-corrected chi connectivity index (χ2v) is 1.62. The first-order valence-corrected chi connectivity index (χ1v) is 2.24. The fourth-order valence-corrected chi connectivity index (χ4v) is 0.548. The van der Waals surface area contributed by atoms with Crippen LogP contribution in [0.15, 0.2) is 5.10 Å². The summed E-state index contributed by atoms with van der Waals surface area (Å²) in [5.74, 6) is 0.00231. The smallest absolute Gasteiger partial charge is 0.0400 e. The molecular weight excluding hydrogens is 92.1 g/mol. The molecule has 1 aliphatic rings. The highest BCUT2D eigenvalue weighted by atomic mass is 16.3. The molecule has 0 amide bonds.